The van der Waals surface area contributed by atoms with E-state index in [1.807, 2.05) is 23.1 Å². The fourth-order valence-electron chi connectivity index (χ4n) is 3.09. The van der Waals surface area contributed by atoms with Crippen LogP contribution < -0.4 is 9.80 Å². The Morgan fingerprint density at radius 3 is 2.70 bits per heavy atom. The molecular formula is C18H22N4O. The minimum atomic E-state index is -0.385. The number of amides is 1. The second-order valence-corrected chi connectivity index (χ2v) is 6.20. The summed E-state index contributed by atoms with van der Waals surface area (Å²) in [5, 5.41) is 8.23. The number of terminal acetylenes is 1. The van der Waals surface area contributed by atoms with E-state index in [2.05, 4.69) is 34.2 Å². The van der Waals surface area contributed by atoms with Crippen molar-refractivity contribution in [1.82, 2.24) is 0 Å². The van der Waals surface area contributed by atoms with Crippen LogP contribution >= 0.6 is 0 Å². The zero-order valence-corrected chi connectivity index (χ0v) is 13.5. The van der Waals surface area contributed by atoms with Gasteiger partial charge in [-0.1, -0.05) is 12.1 Å². The lowest BCUT2D eigenvalue weighted by molar-refractivity contribution is -0.118. The maximum Gasteiger partial charge on any atom is 0.227 e. The van der Waals surface area contributed by atoms with E-state index < -0.39 is 0 Å². The summed E-state index contributed by atoms with van der Waals surface area (Å²) >= 11 is 0. The van der Waals surface area contributed by atoms with Crippen molar-refractivity contribution >= 4 is 17.3 Å². The van der Waals surface area contributed by atoms with Crippen LogP contribution in [0.5, 0.6) is 0 Å². The van der Waals surface area contributed by atoms with Crippen molar-refractivity contribution in [2.24, 2.45) is 10.2 Å². The van der Waals surface area contributed by atoms with Gasteiger partial charge in [0.1, 0.15) is 0 Å². The highest BCUT2D eigenvalue weighted by Gasteiger charge is 2.39. The van der Waals surface area contributed by atoms with Gasteiger partial charge in [-0.05, 0) is 18.6 Å². The fraction of sp³-hybridized carbons (Fsp3) is 0.500. The highest BCUT2D eigenvalue weighted by molar-refractivity contribution is 5.97. The van der Waals surface area contributed by atoms with Crippen molar-refractivity contribution in [1.29, 1.82) is 0 Å². The predicted octanol–water partition coefficient (Wildman–Crippen LogP) is 3.22. The van der Waals surface area contributed by atoms with Crippen LogP contribution in [0, 0.1) is 12.3 Å². The quantitative estimate of drug-likeness (QED) is 0.784. The number of hydrogen-bond donors (Lipinski definition) is 0. The first-order valence-corrected chi connectivity index (χ1v) is 8.13. The Hall–Kier alpha value is -2.35. The summed E-state index contributed by atoms with van der Waals surface area (Å²) in [5.74, 6) is 2.76. The molecule has 2 heterocycles. The third kappa shape index (κ3) is 3.37. The van der Waals surface area contributed by atoms with Gasteiger partial charge in [0.05, 0.1) is 11.4 Å². The van der Waals surface area contributed by atoms with Crippen molar-refractivity contribution in [2.45, 2.75) is 37.8 Å². The molecule has 0 aromatic heterocycles. The molecule has 0 spiro atoms. The first kappa shape index (κ1) is 15.5. The maximum atomic E-state index is 12.8. The van der Waals surface area contributed by atoms with Gasteiger partial charge in [-0.2, -0.15) is 10.2 Å². The van der Waals surface area contributed by atoms with E-state index in [0.717, 1.165) is 37.3 Å². The Morgan fingerprint density at radius 1 is 1.26 bits per heavy atom. The van der Waals surface area contributed by atoms with Gasteiger partial charge >= 0.3 is 0 Å². The molecule has 0 unspecified atom stereocenters. The smallest absolute Gasteiger partial charge is 0.227 e. The van der Waals surface area contributed by atoms with Crippen molar-refractivity contribution in [3.05, 3.63) is 24.3 Å². The van der Waals surface area contributed by atoms with E-state index >= 15 is 0 Å². The van der Waals surface area contributed by atoms with Gasteiger partial charge in [0.15, 0.2) is 5.66 Å². The van der Waals surface area contributed by atoms with Crippen molar-refractivity contribution in [2.75, 3.05) is 29.9 Å². The lowest BCUT2D eigenvalue weighted by atomic mass is 10.0. The molecule has 1 aromatic carbocycles. The normalized spacial score (nSPS) is 18.1. The Labute approximate surface area is 137 Å². The van der Waals surface area contributed by atoms with Crippen molar-refractivity contribution in [3.8, 4) is 12.3 Å². The number of carbonyl (C=O) groups excluding carboxylic acids is 1. The number of fused-ring (bicyclic) bond motifs is 1. The number of anilines is 2. The summed E-state index contributed by atoms with van der Waals surface area (Å²) in [4.78, 5) is 16.9. The average molecular weight is 310 g/mol. The second-order valence-electron chi connectivity index (χ2n) is 6.20. The molecule has 0 aliphatic carbocycles. The zero-order chi connectivity index (χ0) is 16.3. The van der Waals surface area contributed by atoms with Crippen LogP contribution in [0.4, 0.5) is 11.4 Å². The third-order valence-electron chi connectivity index (χ3n) is 4.55. The molecular weight excluding hydrogens is 288 g/mol. The topological polar surface area (TPSA) is 48.3 Å². The van der Waals surface area contributed by atoms with Gasteiger partial charge in [0.25, 0.3) is 0 Å². The van der Waals surface area contributed by atoms with E-state index in [1.165, 1.54) is 0 Å². The largest absolute Gasteiger partial charge is 0.373 e. The number of benzene rings is 1. The maximum absolute atomic E-state index is 12.8. The molecule has 1 amide bonds. The van der Waals surface area contributed by atoms with E-state index in [-0.39, 0.29) is 11.6 Å². The Bertz CT molecular complexity index is 655. The summed E-state index contributed by atoms with van der Waals surface area (Å²) in [6.45, 7) is 1.71. The van der Waals surface area contributed by atoms with Gasteiger partial charge in [-0.15, -0.1) is 12.3 Å². The van der Waals surface area contributed by atoms with Crippen LogP contribution in [-0.4, -0.2) is 31.7 Å². The van der Waals surface area contributed by atoms with Crippen molar-refractivity contribution in [3.63, 3.8) is 0 Å². The second kappa shape index (κ2) is 6.41. The highest BCUT2D eigenvalue weighted by atomic mass is 16.2. The first-order chi connectivity index (χ1) is 11.2. The number of nitrogens with zero attached hydrogens (tertiary/aromatic N) is 4. The molecule has 0 bridgehead atoms. The number of rotatable bonds is 5. The van der Waals surface area contributed by atoms with E-state index in [0.29, 0.717) is 19.3 Å². The third-order valence-corrected chi connectivity index (χ3v) is 4.55. The molecule has 0 fully saturated rings. The summed E-state index contributed by atoms with van der Waals surface area (Å²) < 4.78 is 0. The average Bonchev–Trinajstić information content (AvgIpc) is 3.36. The van der Waals surface area contributed by atoms with Gasteiger partial charge in [0.2, 0.25) is 5.91 Å². The van der Waals surface area contributed by atoms with E-state index in [4.69, 9.17) is 6.42 Å². The van der Waals surface area contributed by atoms with E-state index in [9.17, 15) is 4.79 Å². The lowest BCUT2D eigenvalue weighted by Crippen LogP contribution is -2.32. The number of hydrogen-bond acceptors (Lipinski definition) is 4. The molecule has 23 heavy (non-hydrogen) atoms. The predicted molar refractivity (Wildman–Crippen MR) is 91.6 cm³/mol. The van der Waals surface area contributed by atoms with Crippen LogP contribution in [0.3, 0.4) is 0 Å². The monoisotopic (exact) mass is 310 g/mol. The molecule has 1 aromatic rings. The Morgan fingerprint density at radius 2 is 2.00 bits per heavy atom. The van der Waals surface area contributed by atoms with Crippen LogP contribution in [0.1, 0.15) is 32.1 Å². The molecule has 2 aliphatic heterocycles. The number of carbonyl (C=O) groups is 1. The highest BCUT2D eigenvalue weighted by Crippen LogP contribution is 2.38. The standard InChI is InChI=1S/C18H22N4O/c1-3-4-11-18(19-20-18)12-10-17(23)22-14-7-13-21(2)15-8-5-6-9-16(15)22/h1,5-6,8-9H,4,7,10-14H2,2H3. The summed E-state index contributed by atoms with van der Waals surface area (Å²) in [6.07, 6.45) is 8.78. The van der Waals surface area contributed by atoms with Gasteiger partial charge in [-0.25, -0.2) is 0 Å². The van der Waals surface area contributed by atoms with Crippen LogP contribution in [0.2, 0.25) is 0 Å². The van der Waals surface area contributed by atoms with Crippen LogP contribution in [-0.2, 0) is 4.79 Å². The van der Waals surface area contributed by atoms with Gasteiger partial charge < -0.3 is 9.80 Å². The molecule has 0 radical (unpaired) electrons. The summed E-state index contributed by atoms with van der Waals surface area (Å²) in [5.41, 5.74) is 1.73. The zero-order valence-electron chi connectivity index (χ0n) is 13.5. The molecule has 0 saturated carbocycles. The Balaban J connectivity index is 1.68. The Kier molecular flexibility index (Phi) is 4.33. The summed E-state index contributed by atoms with van der Waals surface area (Å²) in [6, 6.07) is 8.09. The molecule has 0 N–H and O–H groups in total. The van der Waals surface area contributed by atoms with E-state index in [1.54, 1.807) is 0 Å². The molecule has 0 atom stereocenters. The van der Waals surface area contributed by atoms with Gasteiger partial charge in [0, 0.05) is 45.8 Å². The molecule has 2 aliphatic rings. The molecule has 0 saturated heterocycles. The fourth-order valence-corrected chi connectivity index (χ4v) is 3.09. The molecule has 120 valence electrons. The lowest BCUT2D eigenvalue weighted by Gasteiger charge is -2.24. The molecule has 5 nitrogen and oxygen atoms in total. The molecule has 5 heteroatoms. The van der Waals surface area contributed by atoms with Gasteiger partial charge in [-0.3, -0.25) is 4.79 Å². The van der Waals surface area contributed by atoms with Crippen LogP contribution in [0.25, 0.3) is 0 Å². The van der Waals surface area contributed by atoms with Crippen molar-refractivity contribution < 1.29 is 4.79 Å². The first-order valence-electron chi connectivity index (χ1n) is 8.13. The number of para-hydroxylation sites is 2. The van der Waals surface area contributed by atoms with Crippen LogP contribution in [0.15, 0.2) is 34.5 Å². The SMILES string of the molecule is C#CCCC1(CCC(=O)N2CCCN(C)c3ccccc32)N=N1. The minimum Gasteiger partial charge on any atom is -0.373 e. The molecule has 3 rings (SSSR count). The minimum absolute atomic E-state index is 0.144. The summed E-state index contributed by atoms with van der Waals surface area (Å²) in [7, 11) is 2.07.